The van der Waals surface area contributed by atoms with Crippen LogP contribution >= 0.6 is 31.9 Å². The molecular formula is C12H15Br2NO. The zero-order chi connectivity index (χ0) is 11.6. The number of benzene rings is 1. The van der Waals surface area contributed by atoms with Crippen LogP contribution in [0.5, 0.6) is 5.75 Å². The quantitative estimate of drug-likeness (QED) is 0.880. The minimum absolute atomic E-state index is 0.362. The second-order valence-electron chi connectivity index (χ2n) is 4.40. The minimum Gasteiger partial charge on any atom is -0.492 e. The summed E-state index contributed by atoms with van der Waals surface area (Å²) in [5.74, 6) is 0.909. The first kappa shape index (κ1) is 12.4. The van der Waals surface area contributed by atoms with Crippen LogP contribution < -0.4 is 10.5 Å². The van der Waals surface area contributed by atoms with Crippen LogP contribution in [0.25, 0.3) is 0 Å². The van der Waals surface area contributed by atoms with Crippen molar-refractivity contribution in [3.63, 3.8) is 0 Å². The van der Waals surface area contributed by atoms with E-state index in [9.17, 15) is 0 Å². The summed E-state index contributed by atoms with van der Waals surface area (Å²) in [4.78, 5) is 0. The average molecular weight is 349 g/mol. The third-order valence-corrected chi connectivity index (χ3v) is 4.17. The molecule has 0 unspecified atom stereocenters. The lowest BCUT2D eigenvalue weighted by Crippen LogP contribution is -2.17. The molecule has 0 radical (unpaired) electrons. The molecule has 1 aliphatic carbocycles. The standard InChI is InChI=1S/C12H15Br2NO/c13-9-1-2-11(10(14)7-9)16-8-12(3-4-12)5-6-15/h1-2,7H,3-6,8,15H2. The molecule has 1 aromatic rings. The summed E-state index contributed by atoms with van der Waals surface area (Å²) in [6.07, 6.45) is 3.57. The van der Waals surface area contributed by atoms with Crippen LogP contribution in [0.4, 0.5) is 0 Å². The lowest BCUT2D eigenvalue weighted by Gasteiger charge is -2.16. The first-order valence-electron chi connectivity index (χ1n) is 5.43. The van der Waals surface area contributed by atoms with Gasteiger partial charge in [-0.25, -0.2) is 0 Å². The molecule has 0 bridgehead atoms. The predicted molar refractivity (Wildman–Crippen MR) is 72.7 cm³/mol. The molecule has 2 rings (SSSR count). The first-order valence-corrected chi connectivity index (χ1v) is 7.02. The number of halogens is 2. The van der Waals surface area contributed by atoms with Crippen LogP contribution in [-0.4, -0.2) is 13.2 Å². The van der Waals surface area contributed by atoms with Crippen molar-refractivity contribution in [2.24, 2.45) is 11.1 Å². The van der Waals surface area contributed by atoms with Crippen molar-refractivity contribution in [2.45, 2.75) is 19.3 Å². The van der Waals surface area contributed by atoms with Crippen molar-refractivity contribution in [2.75, 3.05) is 13.2 Å². The average Bonchev–Trinajstić information content (AvgIpc) is 2.98. The maximum atomic E-state index is 5.85. The smallest absolute Gasteiger partial charge is 0.133 e. The third-order valence-electron chi connectivity index (χ3n) is 3.06. The van der Waals surface area contributed by atoms with E-state index in [0.717, 1.165) is 34.3 Å². The molecule has 0 heterocycles. The van der Waals surface area contributed by atoms with E-state index in [1.54, 1.807) is 0 Å². The Kier molecular flexibility index (Phi) is 3.93. The van der Waals surface area contributed by atoms with Gasteiger partial charge in [-0.2, -0.15) is 0 Å². The van der Waals surface area contributed by atoms with Crippen molar-refractivity contribution in [1.29, 1.82) is 0 Å². The Morgan fingerprint density at radius 1 is 1.31 bits per heavy atom. The van der Waals surface area contributed by atoms with Gasteiger partial charge in [-0.3, -0.25) is 0 Å². The monoisotopic (exact) mass is 347 g/mol. The maximum absolute atomic E-state index is 5.85. The SMILES string of the molecule is NCCC1(COc2ccc(Br)cc2Br)CC1. The van der Waals surface area contributed by atoms with Gasteiger partial charge in [0.2, 0.25) is 0 Å². The second kappa shape index (κ2) is 5.07. The zero-order valence-corrected chi connectivity index (χ0v) is 12.2. The van der Waals surface area contributed by atoms with Gasteiger partial charge >= 0.3 is 0 Å². The van der Waals surface area contributed by atoms with E-state index in [-0.39, 0.29) is 0 Å². The number of rotatable bonds is 5. The van der Waals surface area contributed by atoms with E-state index < -0.39 is 0 Å². The Balaban J connectivity index is 1.94. The minimum atomic E-state index is 0.362. The number of hydrogen-bond donors (Lipinski definition) is 1. The summed E-state index contributed by atoms with van der Waals surface area (Å²) in [5, 5.41) is 0. The van der Waals surface area contributed by atoms with E-state index in [0.29, 0.717) is 5.41 Å². The lowest BCUT2D eigenvalue weighted by molar-refractivity contribution is 0.225. The molecule has 0 aliphatic heterocycles. The first-order chi connectivity index (χ1) is 7.65. The highest BCUT2D eigenvalue weighted by Crippen LogP contribution is 2.48. The fraction of sp³-hybridized carbons (Fsp3) is 0.500. The molecule has 0 amide bonds. The Morgan fingerprint density at radius 3 is 2.62 bits per heavy atom. The molecule has 0 spiro atoms. The molecule has 0 saturated heterocycles. The van der Waals surface area contributed by atoms with Gasteiger partial charge in [0.05, 0.1) is 11.1 Å². The summed E-state index contributed by atoms with van der Waals surface area (Å²) in [6, 6.07) is 5.97. The molecule has 1 fully saturated rings. The van der Waals surface area contributed by atoms with Crippen LogP contribution in [0.1, 0.15) is 19.3 Å². The van der Waals surface area contributed by atoms with Gasteiger partial charge in [0, 0.05) is 9.89 Å². The Hall–Kier alpha value is -0.0600. The van der Waals surface area contributed by atoms with Gasteiger partial charge in [-0.05, 0) is 59.9 Å². The molecule has 0 atom stereocenters. The molecule has 0 aromatic heterocycles. The lowest BCUT2D eigenvalue weighted by atomic mass is 10.0. The number of hydrogen-bond acceptors (Lipinski definition) is 2. The van der Waals surface area contributed by atoms with E-state index in [1.807, 2.05) is 18.2 Å². The highest BCUT2D eigenvalue weighted by molar-refractivity contribution is 9.11. The molecule has 1 aliphatic rings. The van der Waals surface area contributed by atoms with E-state index in [4.69, 9.17) is 10.5 Å². The van der Waals surface area contributed by atoms with Gasteiger partial charge in [-0.15, -0.1) is 0 Å². The van der Waals surface area contributed by atoms with Gasteiger partial charge in [0.1, 0.15) is 5.75 Å². The van der Waals surface area contributed by atoms with Crippen LogP contribution in [0.3, 0.4) is 0 Å². The van der Waals surface area contributed by atoms with Gasteiger partial charge in [0.25, 0.3) is 0 Å². The van der Waals surface area contributed by atoms with Gasteiger partial charge < -0.3 is 10.5 Å². The van der Waals surface area contributed by atoms with Crippen LogP contribution in [0.2, 0.25) is 0 Å². The fourth-order valence-corrected chi connectivity index (χ4v) is 2.93. The van der Waals surface area contributed by atoms with Crippen LogP contribution in [-0.2, 0) is 0 Å². The molecular weight excluding hydrogens is 334 g/mol. The predicted octanol–water partition coefficient (Wildman–Crippen LogP) is 3.72. The summed E-state index contributed by atoms with van der Waals surface area (Å²) in [5.41, 5.74) is 5.96. The van der Waals surface area contributed by atoms with Crippen molar-refractivity contribution >= 4 is 31.9 Å². The van der Waals surface area contributed by atoms with Gasteiger partial charge in [0.15, 0.2) is 0 Å². The summed E-state index contributed by atoms with van der Waals surface area (Å²) < 4.78 is 7.89. The van der Waals surface area contributed by atoms with Crippen molar-refractivity contribution in [3.05, 3.63) is 27.1 Å². The molecule has 2 nitrogen and oxygen atoms in total. The molecule has 4 heteroatoms. The second-order valence-corrected chi connectivity index (χ2v) is 6.17. The normalized spacial score (nSPS) is 17.2. The van der Waals surface area contributed by atoms with Crippen molar-refractivity contribution < 1.29 is 4.74 Å². The summed E-state index contributed by atoms with van der Waals surface area (Å²) in [6.45, 7) is 1.54. The highest BCUT2D eigenvalue weighted by atomic mass is 79.9. The molecule has 16 heavy (non-hydrogen) atoms. The summed E-state index contributed by atoms with van der Waals surface area (Å²) in [7, 11) is 0. The Morgan fingerprint density at radius 2 is 2.06 bits per heavy atom. The Labute approximate surface area is 113 Å². The third kappa shape index (κ3) is 2.99. The molecule has 1 saturated carbocycles. The number of ether oxygens (including phenoxy) is 1. The zero-order valence-electron chi connectivity index (χ0n) is 9.01. The van der Waals surface area contributed by atoms with Crippen LogP contribution in [0, 0.1) is 5.41 Å². The van der Waals surface area contributed by atoms with Gasteiger partial charge in [-0.1, -0.05) is 15.9 Å². The highest BCUT2D eigenvalue weighted by Gasteiger charge is 2.42. The molecule has 1 aromatic carbocycles. The molecule has 88 valence electrons. The largest absolute Gasteiger partial charge is 0.492 e. The van der Waals surface area contributed by atoms with Crippen molar-refractivity contribution in [1.82, 2.24) is 0 Å². The van der Waals surface area contributed by atoms with Crippen LogP contribution in [0.15, 0.2) is 27.1 Å². The topological polar surface area (TPSA) is 35.2 Å². The van der Waals surface area contributed by atoms with E-state index >= 15 is 0 Å². The Bertz CT molecular complexity index is 377. The molecule has 2 N–H and O–H groups in total. The summed E-state index contributed by atoms with van der Waals surface area (Å²) >= 11 is 6.92. The van der Waals surface area contributed by atoms with E-state index in [1.165, 1.54) is 12.8 Å². The number of nitrogens with two attached hydrogens (primary N) is 1. The van der Waals surface area contributed by atoms with Crippen molar-refractivity contribution in [3.8, 4) is 5.75 Å². The van der Waals surface area contributed by atoms with E-state index in [2.05, 4.69) is 31.9 Å². The maximum Gasteiger partial charge on any atom is 0.133 e. The fourth-order valence-electron chi connectivity index (χ4n) is 1.77.